The highest BCUT2D eigenvalue weighted by Crippen LogP contribution is 2.24. The molecule has 0 aromatic heterocycles. The zero-order valence-corrected chi connectivity index (χ0v) is 14.0. The number of hydrogen-bond donors (Lipinski definition) is 2. The van der Waals surface area contributed by atoms with Crippen molar-refractivity contribution in [2.45, 2.75) is 13.3 Å². The molecule has 0 radical (unpaired) electrons. The van der Waals surface area contributed by atoms with Crippen molar-refractivity contribution in [3.05, 3.63) is 38.3 Å². The molecule has 8 heteroatoms. The predicted molar refractivity (Wildman–Crippen MR) is 87.1 cm³/mol. The van der Waals surface area contributed by atoms with E-state index >= 15 is 0 Å². The minimum Gasteiger partial charge on any atom is -0.351 e. The van der Waals surface area contributed by atoms with Gasteiger partial charge in [-0.15, -0.1) is 0 Å². The summed E-state index contributed by atoms with van der Waals surface area (Å²) in [7, 11) is 0. The number of benzene rings is 1. The fraction of sp³-hybridized carbons (Fsp3) is 0.231. The van der Waals surface area contributed by atoms with Crippen LogP contribution in [0.5, 0.6) is 0 Å². The van der Waals surface area contributed by atoms with Gasteiger partial charge in [0, 0.05) is 22.3 Å². The standard InChI is InChI=1S/C13H12Cl4N2O2/c1-2-3-18-12(20)10(16)11(17)13(21)19-9-5-7(14)4-8(15)6-9/h4-6H,2-3H2,1H3,(H,18,20)(H,19,21)/b11-10-. The lowest BCUT2D eigenvalue weighted by molar-refractivity contribution is -0.117. The molecule has 0 saturated carbocycles. The van der Waals surface area contributed by atoms with Crippen LogP contribution in [0.1, 0.15) is 13.3 Å². The molecular formula is C13H12Cl4N2O2. The Hall–Kier alpha value is -0.940. The Kier molecular flexibility index (Phi) is 7.32. The molecule has 0 fully saturated rings. The fourth-order valence-corrected chi connectivity index (χ4v) is 2.14. The monoisotopic (exact) mass is 368 g/mol. The van der Waals surface area contributed by atoms with E-state index in [1.54, 1.807) is 0 Å². The summed E-state index contributed by atoms with van der Waals surface area (Å²) in [4.78, 5) is 23.5. The number of amides is 2. The van der Waals surface area contributed by atoms with Gasteiger partial charge in [0.05, 0.1) is 0 Å². The third-order valence-electron chi connectivity index (χ3n) is 2.25. The Bertz CT molecular complexity index is 567. The summed E-state index contributed by atoms with van der Waals surface area (Å²) in [5.41, 5.74) is 0.342. The molecule has 0 spiro atoms. The van der Waals surface area contributed by atoms with Crippen molar-refractivity contribution in [2.75, 3.05) is 11.9 Å². The molecule has 21 heavy (non-hydrogen) atoms. The molecule has 0 unspecified atom stereocenters. The number of halogens is 4. The Morgan fingerprint density at radius 1 is 1.00 bits per heavy atom. The van der Waals surface area contributed by atoms with Crippen LogP contribution in [-0.2, 0) is 9.59 Å². The van der Waals surface area contributed by atoms with Gasteiger partial charge in [-0.2, -0.15) is 0 Å². The van der Waals surface area contributed by atoms with E-state index in [9.17, 15) is 9.59 Å². The molecule has 114 valence electrons. The normalized spacial score (nSPS) is 11.7. The van der Waals surface area contributed by atoms with Gasteiger partial charge < -0.3 is 10.6 Å². The van der Waals surface area contributed by atoms with E-state index in [1.807, 2.05) is 6.92 Å². The maximum absolute atomic E-state index is 11.9. The van der Waals surface area contributed by atoms with Gasteiger partial charge in [-0.05, 0) is 24.6 Å². The van der Waals surface area contributed by atoms with Gasteiger partial charge >= 0.3 is 0 Å². The maximum Gasteiger partial charge on any atom is 0.268 e. The second kappa shape index (κ2) is 8.49. The van der Waals surface area contributed by atoms with Gasteiger partial charge in [-0.3, -0.25) is 9.59 Å². The van der Waals surface area contributed by atoms with Crippen molar-refractivity contribution in [3.8, 4) is 0 Å². The van der Waals surface area contributed by atoms with Crippen LogP contribution in [-0.4, -0.2) is 18.4 Å². The zero-order valence-electron chi connectivity index (χ0n) is 11.0. The molecule has 2 N–H and O–H groups in total. The van der Waals surface area contributed by atoms with Gasteiger partial charge in [0.1, 0.15) is 10.1 Å². The smallest absolute Gasteiger partial charge is 0.268 e. The molecule has 0 bridgehead atoms. The Balaban J connectivity index is 2.84. The molecule has 0 aliphatic carbocycles. The summed E-state index contributed by atoms with van der Waals surface area (Å²) in [5.74, 6) is -1.34. The lowest BCUT2D eigenvalue weighted by atomic mass is 10.3. The van der Waals surface area contributed by atoms with Gasteiger partial charge in [0.2, 0.25) is 0 Å². The summed E-state index contributed by atoms with van der Waals surface area (Å²) in [6.07, 6.45) is 0.737. The molecule has 1 aromatic rings. The van der Waals surface area contributed by atoms with Crippen molar-refractivity contribution in [3.63, 3.8) is 0 Å². The minimum atomic E-state index is -0.730. The van der Waals surface area contributed by atoms with Gasteiger partial charge in [0.15, 0.2) is 0 Å². The molecule has 1 aromatic carbocycles. The molecule has 4 nitrogen and oxygen atoms in total. The van der Waals surface area contributed by atoms with E-state index in [4.69, 9.17) is 46.4 Å². The van der Waals surface area contributed by atoms with Crippen LogP contribution in [0.4, 0.5) is 5.69 Å². The van der Waals surface area contributed by atoms with Crippen LogP contribution in [0.3, 0.4) is 0 Å². The first-order chi connectivity index (χ1) is 9.85. The topological polar surface area (TPSA) is 58.2 Å². The van der Waals surface area contributed by atoms with E-state index in [-0.39, 0.29) is 5.03 Å². The number of nitrogens with one attached hydrogen (secondary N) is 2. The molecular weight excluding hydrogens is 358 g/mol. The first-order valence-electron chi connectivity index (χ1n) is 5.96. The summed E-state index contributed by atoms with van der Waals surface area (Å²) < 4.78 is 0. The van der Waals surface area contributed by atoms with Crippen molar-refractivity contribution in [2.24, 2.45) is 0 Å². The van der Waals surface area contributed by atoms with Crippen molar-refractivity contribution >= 4 is 63.9 Å². The van der Waals surface area contributed by atoms with Crippen molar-refractivity contribution < 1.29 is 9.59 Å². The first kappa shape index (κ1) is 18.1. The Morgan fingerprint density at radius 2 is 1.52 bits per heavy atom. The summed E-state index contributed by atoms with van der Waals surface area (Å²) in [6.45, 7) is 2.32. The van der Waals surface area contributed by atoms with Crippen LogP contribution in [0.15, 0.2) is 28.3 Å². The van der Waals surface area contributed by atoms with E-state index in [1.165, 1.54) is 18.2 Å². The molecule has 0 saturated heterocycles. The number of carbonyl (C=O) groups excluding carboxylic acids is 2. The molecule has 0 aliphatic rings. The fourth-order valence-electron chi connectivity index (χ4n) is 1.33. The summed E-state index contributed by atoms with van der Waals surface area (Å²) >= 11 is 23.2. The van der Waals surface area contributed by atoms with Gasteiger partial charge in [0.25, 0.3) is 11.8 Å². The van der Waals surface area contributed by atoms with Crippen LogP contribution in [0.2, 0.25) is 10.0 Å². The van der Waals surface area contributed by atoms with E-state index in [0.717, 1.165) is 6.42 Å². The van der Waals surface area contributed by atoms with Crippen LogP contribution >= 0.6 is 46.4 Å². The molecule has 2 amide bonds. The van der Waals surface area contributed by atoms with Crippen LogP contribution in [0, 0.1) is 0 Å². The second-order valence-electron chi connectivity index (χ2n) is 4.00. The predicted octanol–water partition coefficient (Wildman–Crippen LogP) is 4.15. The second-order valence-corrected chi connectivity index (χ2v) is 5.62. The third kappa shape index (κ3) is 5.75. The lowest BCUT2D eigenvalue weighted by Gasteiger charge is -2.07. The largest absolute Gasteiger partial charge is 0.351 e. The lowest BCUT2D eigenvalue weighted by Crippen LogP contribution is -2.26. The van der Waals surface area contributed by atoms with E-state index < -0.39 is 16.8 Å². The highest BCUT2D eigenvalue weighted by Gasteiger charge is 2.18. The SMILES string of the molecule is CCCNC(=O)/C(Cl)=C(/Cl)C(=O)Nc1cc(Cl)cc(Cl)c1. The number of carbonyl (C=O) groups is 2. The molecule has 0 atom stereocenters. The number of hydrogen-bond acceptors (Lipinski definition) is 2. The zero-order chi connectivity index (χ0) is 16.0. The first-order valence-corrected chi connectivity index (χ1v) is 7.47. The Labute approximate surface area is 142 Å². The number of rotatable bonds is 5. The van der Waals surface area contributed by atoms with E-state index in [0.29, 0.717) is 22.3 Å². The van der Waals surface area contributed by atoms with Crippen molar-refractivity contribution in [1.82, 2.24) is 5.32 Å². The molecule has 0 heterocycles. The highest BCUT2D eigenvalue weighted by molar-refractivity contribution is 6.54. The maximum atomic E-state index is 11.9. The third-order valence-corrected chi connectivity index (χ3v) is 3.50. The van der Waals surface area contributed by atoms with Gasteiger partial charge in [-0.25, -0.2) is 0 Å². The molecule has 0 aliphatic heterocycles. The molecule has 1 rings (SSSR count). The average molecular weight is 370 g/mol. The summed E-state index contributed by atoms with van der Waals surface area (Å²) in [6, 6.07) is 4.49. The Morgan fingerprint density at radius 3 is 2.05 bits per heavy atom. The van der Waals surface area contributed by atoms with Crippen molar-refractivity contribution in [1.29, 1.82) is 0 Å². The van der Waals surface area contributed by atoms with Crippen LogP contribution in [0.25, 0.3) is 0 Å². The quantitative estimate of drug-likeness (QED) is 0.766. The van der Waals surface area contributed by atoms with Crippen LogP contribution < -0.4 is 10.6 Å². The average Bonchev–Trinajstić information content (AvgIpc) is 2.41. The van der Waals surface area contributed by atoms with E-state index in [2.05, 4.69) is 10.6 Å². The van der Waals surface area contributed by atoms with Gasteiger partial charge in [-0.1, -0.05) is 53.3 Å². The number of anilines is 1. The highest BCUT2D eigenvalue weighted by atomic mass is 35.5. The minimum absolute atomic E-state index is 0.342. The summed E-state index contributed by atoms with van der Waals surface area (Å²) in [5, 5.41) is 4.88.